The van der Waals surface area contributed by atoms with E-state index in [1.165, 1.54) is 30.1 Å². The van der Waals surface area contributed by atoms with E-state index in [9.17, 15) is 32.9 Å². The van der Waals surface area contributed by atoms with Crippen molar-refractivity contribution in [3.8, 4) is 5.75 Å². The number of methoxy groups -OCH3 is 1. The van der Waals surface area contributed by atoms with Crippen LogP contribution in [0.2, 0.25) is 0 Å². The average molecular weight is 755 g/mol. The van der Waals surface area contributed by atoms with Crippen LogP contribution in [0.1, 0.15) is 25.0 Å². The largest absolute Gasteiger partial charge is 0.497 e. The zero-order valence-corrected chi connectivity index (χ0v) is 31.7. The fourth-order valence-electron chi connectivity index (χ4n) is 5.23. The van der Waals surface area contributed by atoms with Gasteiger partial charge in [0.2, 0.25) is 10.0 Å². The van der Waals surface area contributed by atoms with Crippen molar-refractivity contribution in [3.05, 3.63) is 100 Å². The third kappa shape index (κ3) is 13.3. The number of nitrogens with zero attached hydrogens (tertiary/aromatic N) is 5. The van der Waals surface area contributed by atoms with Gasteiger partial charge in [-0.1, -0.05) is 68.4 Å². The smallest absolute Gasteiger partial charge is 0.317 e. The Morgan fingerprint density at radius 3 is 1.91 bits per heavy atom. The van der Waals surface area contributed by atoms with Crippen LogP contribution in [0.4, 0.5) is 20.1 Å². The topological polar surface area (TPSA) is 187 Å². The van der Waals surface area contributed by atoms with Crippen molar-refractivity contribution in [1.29, 1.82) is 0 Å². The first-order chi connectivity index (χ1) is 25.2. The number of rotatable bonds is 19. The number of para-hydroxylation sites is 1. The molecule has 0 bridgehead atoms. The maximum atomic E-state index is 13.6. The van der Waals surface area contributed by atoms with Gasteiger partial charge in [-0.2, -0.15) is 4.31 Å². The van der Waals surface area contributed by atoms with Gasteiger partial charge in [0, 0.05) is 79.1 Å². The maximum Gasteiger partial charge on any atom is 0.317 e. The normalized spacial score (nSPS) is 11.2. The van der Waals surface area contributed by atoms with Crippen LogP contribution in [0.5, 0.6) is 5.75 Å². The number of hydrogen-bond donors (Lipinski definition) is 3. The molecule has 288 valence electrons. The zero-order chi connectivity index (χ0) is 39.0. The standard InChI is InChI=1S/C36H50N8O8S/c1-28(2)25-42(23-20-37-35(46)41(4)26-30-15-17-31(52-5)18-16-30)36(47)39-19-22-40(3)34(45)38-21-24-43(27-29-11-7-6-8-12-29)53(50,51)33-14-10-9-13-32(33)44(48)49/h6-18,28H,19-27H2,1-5H3,(H,37,46)(H,38,45)(H,39,47). The molecule has 0 heterocycles. The van der Waals surface area contributed by atoms with Crippen LogP contribution < -0.4 is 20.7 Å². The zero-order valence-electron chi connectivity index (χ0n) is 30.9. The molecule has 3 aromatic rings. The molecular formula is C36H50N8O8S. The van der Waals surface area contributed by atoms with Crippen molar-refractivity contribution in [2.75, 3.05) is 67.0 Å². The van der Waals surface area contributed by atoms with E-state index in [2.05, 4.69) is 16.0 Å². The molecule has 17 heteroatoms. The summed E-state index contributed by atoms with van der Waals surface area (Å²) < 4.78 is 33.5. The van der Waals surface area contributed by atoms with Gasteiger partial charge in [-0.15, -0.1) is 0 Å². The molecule has 3 aromatic carbocycles. The Kier molecular flexibility index (Phi) is 16.3. The number of nitro groups is 1. The van der Waals surface area contributed by atoms with Crippen molar-refractivity contribution < 1.29 is 32.5 Å². The fraction of sp³-hybridized carbons (Fsp3) is 0.417. The van der Waals surface area contributed by atoms with Crippen LogP contribution in [0.15, 0.2) is 83.8 Å². The Bertz CT molecular complexity index is 1760. The van der Waals surface area contributed by atoms with Crippen LogP contribution >= 0.6 is 0 Å². The lowest BCUT2D eigenvalue weighted by Crippen LogP contribution is -2.49. The lowest BCUT2D eigenvalue weighted by atomic mass is 10.2. The number of nitrogens with one attached hydrogen (secondary N) is 3. The highest BCUT2D eigenvalue weighted by Gasteiger charge is 2.31. The molecule has 3 N–H and O–H groups in total. The minimum absolute atomic E-state index is 0.0656. The molecule has 6 amide bonds. The highest BCUT2D eigenvalue weighted by Crippen LogP contribution is 2.27. The Morgan fingerprint density at radius 2 is 1.28 bits per heavy atom. The molecule has 0 unspecified atom stereocenters. The number of nitro benzene ring substituents is 1. The van der Waals surface area contributed by atoms with Crippen LogP contribution in [0.25, 0.3) is 0 Å². The second kappa shape index (κ2) is 20.6. The summed E-state index contributed by atoms with van der Waals surface area (Å²) in [6.45, 7) is 5.32. The van der Waals surface area contributed by atoms with Crippen LogP contribution in [-0.2, 0) is 23.1 Å². The van der Waals surface area contributed by atoms with E-state index in [4.69, 9.17) is 4.74 Å². The molecule has 0 saturated carbocycles. The molecule has 0 atom stereocenters. The van der Waals surface area contributed by atoms with E-state index < -0.39 is 31.6 Å². The summed E-state index contributed by atoms with van der Waals surface area (Å²) in [5.41, 5.74) is 1.07. The quantitative estimate of drug-likeness (QED) is 0.121. The molecule has 0 aromatic heterocycles. The molecule has 0 spiro atoms. The molecule has 53 heavy (non-hydrogen) atoms. The van der Waals surface area contributed by atoms with Crippen LogP contribution in [0, 0.1) is 16.0 Å². The molecule has 3 rings (SSSR count). The van der Waals surface area contributed by atoms with Gasteiger partial charge in [-0.05, 0) is 35.2 Å². The number of urea groups is 3. The van der Waals surface area contributed by atoms with E-state index in [0.717, 1.165) is 21.7 Å². The summed E-state index contributed by atoms with van der Waals surface area (Å²) in [7, 11) is 0.495. The van der Waals surface area contributed by atoms with Gasteiger partial charge in [0.15, 0.2) is 4.90 Å². The van der Waals surface area contributed by atoms with Crippen molar-refractivity contribution in [2.45, 2.75) is 31.8 Å². The monoisotopic (exact) mass is 754 g/mol. The second-order valence-electron chi connectivity index (χ2n) is 12.7. The number of sulfonamides is 1. The highest BCUT2D eigenvalue weighted by molar-refractivity contribution is 7.89. The predicted octanol–water partition coefficient (Wildman–Crippen LogP) is 3.94. The Morgan fingerprint density at radius 1 is 0.736 bits per heavy atom. The predicted molar refractivity (Wildman–Crippen MR) is 201 cm³/mol. The summed E-state index contributed by atoms with van der Waals surface area (Å²) in [5.74, 6) is 0.897. The fourth-order valence-corrected chi connectivity index (χ4v) is 6.81. The molecule has 0 fully saturated rings. The van der Waals surface area contributed by atoms with Crippen LogP contribution in [0.3, 0.4) is 0 Å². The van der Waals surface area contributed by atoms with E-state index in [0.29, 0.717) is 18.7 Å². The van der Waals surface area contributed by atoms with Gasteiger partial charge in [-0.25, -0.2) is 22.8 Å². The lowest BCUT2D eigenvalue weighted by molar-refractivity contribution is -0.387. The van der Waals surface area contributed by atoms with Gasteiger partial charge >= 0.3 is 18.1 Å². The summed E-state index contributed by atoms with van der Waals surface area (Å²) in [5, 5.41) is 20.0. The highest BCUT2D eigenvalue weighted by atomic mass is 32.2. The van der Waals surface area contributed by atoms with Crippen LogP contribution in [-0.4, -0.2) is 117 Å². The average Bonchev–Trinajstić information content (AvgIpc) is 3.14. The third-order valence-electron chi connectivity index (χ3n) is 8.05. The second-order valence-corrected chi connectivity index (χ2v) is 14.6. The van der Waals surface area contributed by atoms with Crippen molar-refractivity contribution in [3.63, 3.8) is 0 Å². The molecule has 16 nitrogen and oxygen atoms in total. The number of amides is 6. The SMILES string of the molecule is COc1ccc(CN(C)C(=O)NCCN(CC(C)C)C(=O)NCCN(C)C(=O)NCCN(Cc2ccccc2)S(=O)(=O)c2ccccc2[N+](=O)[O-])cc1. The number of carbonyl (C=O) groups excluding carboxylic acids is 3. The number of likely N-dealkylation sites (N-methyl/N-ethyl adjacent to an activating group) is 1. The van der Waals surface area contributed by atoms with Crippen molar-refractivity contribution >= 4 is 33.8 Å². The number of hydrogen-bond acceptors (Lipinski definition) is 8. The number of ether oxygens (including phenoxy) is 1. The van der Waals surface area contributed by atoms with Gasteiger partial charge in [-0.3, -0.25) is 10.1 Å². The molecule has 0 saturated heterocycles. The maximum absolute atomic E-state index is 13.6. The van der Waals surface area contributed by atoms with Crippen molar-refractivity contribution in [2.24, 2.45) is 5.92 Å². The Labute approximate surface area is 311 Å². The van der Waals surface area contributed by atoms with Gasteiger partial charge in [0.05, 0.1) is 12.0 Å². The van der Waals surface area contributed by atoms with Gasteiger partial charge < -0.3 is 35.4 Å². The third-order valence-corrected chi connectivity index (χ3v) is 9.94. The molecule has 0 aliphatic carbocycles. The first-order valence-corrected chi connectivity index (χ1v) is 18.6. The Balaban J connectivity index is 1.49. The first kappa shape index (κ1) is 42.0. The van der Waals surface area contributed by atoms with E-state index in [-0.39, 0.29) is 63.8 Å². The first-order valence-electron chi connectivity index (χ1n) is 17.1. The molecular weight excluding hydrogens is 705 g/mol. The summed E-state index contributed by atoms with van der Waals surface area (Å²) >= 11 is 0. The van der Waals surface area contributed by atoms with E-state index in [1.807, 2.05) is 38.1 Å². The molecule has 0 aliphatic rings. The molecule has 0 aliphatic heterocycles. The van der Waals surface area contributed by atoms with Gasteiger partial charge in [0.25, 0.3) is 5.69 Å². The van der Waals surface area contributed by atoms with E-state index >= 15 is 0 Å². The minimum atomic E-state index is -4.32. The minimum Gasteiger partial charge on any atom is -0.497 e. The summed E-state index contributed by atoms with van der Waals surface area (Å²) in [6, 6.07) is 20.2. The van der Waals surface area contributed by atoms with E-state index in [1.54, 1.807) is 54.3 Å². The number of carbonyl (C=O) groups is 3. The Hall–Kier alpha value is -5.42. The number of benzene rings is 3. The summed E-state index contributed by atoms with van der Waals surface area (Å²) in [4.78, 5) is 53.6. The van der Waals surface area contributed by atoms with Gasteiger partial charge in [0.1, 0.15) is 5.75 Å². The lowest BCUT2D eigenvalue weighted by Gasteiger charge is -2.26. The summed E-state index contributed by atoms with van der Waals surface area (Å²) in [6.07, 6.45) is 0. The molecule has 0 radical (unpaired) electrons. The van der Waals surface area contributed by atoms with Crippen molar-refractivity contribution in [1.82, 2.24) is 35.0 Å².